The molecule has 0 N–H and O–H groups in total. The predicted molar refractivity (Wildman–Crippen MR) is 75.9 cm³/mol. The predicted octanol–water partition coefficient (Wildman–Crippen LogP) is 2.98. The fraction of sp³-hybridized carbons (Fsp3) is 0.267. The molecule has 2 rings (SSSR count). The monoisotopic (exact) mass is 276 g/mol. The Bertz CT molecular complexity index is 717. The summed E-state index contributed by atoms with van der Waals surface area (Å²) in [5.74, 6) is -0.256. The van der Waals surface area contributed by atoms with Gasteiger partial charge in [0.25, 0.3) is 0 Å². The number of sulfone groups is 1. The molecule has 0 saturated heterocycles. The van der Waals surface area contributed by atoms with Gasteiger partial charge in [-0.2, -0.15) is 0 Å². The quantitative estimate of drug-likeness (QED) is 0.862. The molecule has 19 heavy (non-hydrogen) atoms. The summed E-state index contributed by atoms with van der Waals surface area (Å²) in [6, 6.07) is 12.5. The van der Waals surface area contributed by atoms with Crippen LogP contribution in [0.3, 0.4) is 0 Å². The Labute approximate surface area is 113 Å². The van der Waals surface area contributed by atoms with Crippen LogP contribution in [0.1, 0.15) is 20.3 Å². The highest BCUT2D eigenvalue weighted by molar-refractivity contribution is 7.92. The van der Waals surface area contributed by atoms with Crippen LogP contribution in [0.25, 0.3) is 10.8 Å². The zero-order valence-electron chi connectivity index (χ0n) is 11.0. The summed E-state index contributed by atoms with van der Waals surface area (Å²) in [5.41, 5.74) is 0. The molecule has 0 aliphatic heterocycles. The largest absolute Gasteiger partial charge is 0.298 e. The Hall–Kier alpha value is -1.68. The fourth-order valence-electron chi connectivity index (χ4n) is 2.01. The van der Waals surface area contributed by atoms with E-state index < -0.39 is 15.1 Å². The molecule has 4 heteroatoms. The number of fused-ring (bicyclic) bond motifs is 1. The molecule has 0 radical (unpaired) electrons. The van der Waals surface area contributed by atoms with Crippen molar-refractivity contribution < 1.29 is 13.2 Å². The molecule has 0 saturated carbocycles. The maximum atomic E-state index is 12.4. The second kappa shape index (κ2) is 5.13. The number of hydrogen-bond acceptors (Lipinski definition) is 3. The van der Waals surface area contributed by atoms with Gasteiger partial charge in [0.05, 0.1) is 4.90 Å². The second-order valence-electron chi connectivity index (χ2n) is 4.52. The van der Waals surface area contributed by atoms with Crippen LogP contribution in [0.4, 0.5) is 0 Å². The zero-order valence-corrected chi connectivity index (χ0v) is 11.8. The van der Waals surface area contributed by atoms with E-state index >= 15 is 0 Å². The van der Waals surface area contributed by atoms with Crippen molar-refractivity contribution in [2.24, 2.45) is 0 Å². The molecular weight excluding hydrogens is 260 g/mol. The molecule has 2 aromatic rings. The SMILES string of the molecule is CCC(=O)C(C)S(=O)(=O)c1ccc2ccccc2c1. The van der Waals surface area contributed by atoms with E-state index in [0.717, 1.165) is 10.8 Å². The molecule has 3 nitrogen and oxygen atoms in total. The molecule has 0 aliphatic carbocycles. The molecule has 1 atom stereocenters. The van der Waals surface area contributed by atoms with Crippen molar-refractivity contribution in [3.63, 3.8) is 0 Å². The number of ketones is 1. The first-order valence-electron chi connectivity index (χ1n) is 6.22. The average Bonchev–Trinajstić information content (AvgIpc) is 2.45. The highest BCUT2D eigenvalue weighted by atomic mass is 32.2. The summed E-state index contributed by atoms with van der Waals surface area (Å²) < 4.78 is 24.7. The number of Topliss-reactive ketones (excluding diaryl/α,β-unsaturated/α-hetero) is 1. The maximum Gasteiger partial charge on any atom is 0.188 e. The van der Waals surface area contributed by atoms with Crippen molar-refractivity contribution in [1.29, 1.82) is 0 Å². The van der Waals surface area contributed by atoms with Gasteiger partial charge in [0.2, 0.25) is 0 Å². The summed E-state index contributed by atoms with van der Waals surface area (Å²) in [6.07, 6.45) is 0.230. The van der Waals surface area contributed by atoms with Crippen LogP contribution in [0.15, 0.2) is 47.4 Å². The van der Waals surface area contributed by atoms with E-state index in [9.17, 15) is 13.2 Å². The summed E-state index contributed by atoms with van der Waals surface area (Å²) in [6.45, 7) is 3.13. The van der Waals surface area contributed by atoms with Crippen LogP contribution in [-0.2, 0) is 14.6 Å². The number of hydrogen-bond donors (Lipinski definition) is 0. The van der Waals surface area contributed by atoms with Gasteiger partial charge >= 0.3 is 0 Å². The van der Waals surface area contributed by atoms with Crippen LogP contribution in [0.5, 0.6) is 0 Å². The zero-order chi connectivity index (χ0) is 14.0. The maximum absolute atomic E-state index is 12.4. The van der Waals surface area contributed by atoms with Gasteiger partial charge in [-0.05, 0) is 29.8 Å². The van der Waals surface area contributed by atoms with Crippen LogP contribution in [-0.4, -0.2) is 19.5 Å². The molecule has 1 unspecified atom stereocenters. The summed E-state index contributed by atoms with van der Waals surface area (Å²) in [5, 5.41) is 0.856. The summed E-state index contributed by atoms with van der Waals surface area (Å²) in [7, 11) is -3.59. The second-order valence-corrected chi connectivity index (χ2v) is 6.78. The lowest BCUT2D eigenvalue weighted by atomic mass is 10.1. The fourth-order valence-corrected chi connectivity index (χ4v) is 3.48. The lowest BCUT2D eigenvalue weighted by Crippen LogP contribution is -2.26. The van der Waals surface area contributed by atoms with Gasteiger partial charge in [0.15, 0.2) is 15.6 Å². The van der Waals surface area contributed by atoms with Crippen molar-refractivity contribution in [3.8, 4) is 0 Å². The lowest BCUT2D eigenvalue weighted by molar-refractivity contribution is -0.118. The normalized spacial score (nSPS) is 13.4. The summed E-state index contributed by atoms with van der Waals surface area (Å²) in [4.78, 5) is 11.8. The standard InChI is InChI=1S/C15H16O3S/c1-3-15(16)11(2)19(17,18)14-9-8-12-6-4-5-7-13(12)10-14/h4-11H,3H2,1-2H3. The minimum absolute atomic E-state index is 0.209. The Kier molecular flexibility index (Phi) is 3.71. The van der Waals surface area contributed by atoms with E-state index in [1.54, 1.807) is 25.1 Å². The first-order chi connectivity index (χ1) is 8.96. The topological polar surface area (TPSA) is 51.2 Å². The van der Waals surface area contributed by atoms with Crippen molar-refractivity contribution >= 4 is 26.4 Å². The molecule has 0 aliphatic rings. The molecule has 0 bridgehead atoms. The van der Waals surface area contributed by atoms with Crippen LogP contribution in [0.2, 0.25) is 0 Å². The van der Waals surface area contributed by atoms with E-state index in [2.05, 4.69) is 0 Å². The third kappa shape index (κ3) is 2.54. The van der Waals surface area contributed by atoms with Gasteiger partial charge in [0, 0.05) is 6.42 Å². The molecule has 0 spiro atoms. The smallest absolute Gasteiger partial charge is 0.188 e. The Morgan fingerprint density at radius 1 is 1.11 bits per heavy atom. The molecule has 0 fully saturated rings. The van der Waals surface area contributed by atoms with Gasteiger partial charge in [0.1, 0.15) is 5.25 Å². The molecule has 0 amide bonds. The van der Waals surface area contributed by atoms with E-state index in [0.29, 0.717) is 0 Å². The van der Waals surface area contributed by atoms with Gasteiger partial charge in [-0.1, -0.05) is 37.3 Å². The molecule has 0 aromatic heterocycles. The Balaban J connectivity index is 2.52. The third-order valence-electron chi connectivity index (χ3n) is 3.32. The van der Waals surface area contributed by atoms with Gasteiger partial charge in [-0.15, -0.1) is 0 Å². The molecule has 100 valence electrons. The molecular formula is C15H16O3S. The molecule has 0 heterocycles. The van der Waals surface area contributed by atoms with E-state index in [1.165, 1.54) is 6.92 Å². The van der Waals surface area contributed by atoms with Crippen molar-refractivity contribution in [3.05, 3.63) is 42.5 Å². The molecule has 2 aromatic carbocycles. The minimum atomic E-state index is -3.59. The lowest BCUT2D eigenvalue weighted by Gasteiger charge is -2.11. The number of rotatable bonds is 4. The van der Waals surface area contributed by atoms with Gasteiger partial charge in [-0.3, -0.25) is 4.79 Å². The number of carbonyl (C=O) groups excluding carboxylic acids is 1. The van der Waals surface area contributed by atoms with Crippen LogP contribution >= 0.6 is 0 Å². The van der Waals surface area contributed by atoms with Crippen molar-refractivity contribution in [2.75, 3.05) is 0 Å². The first kappa shape index (κ1) is 13.7. The average molecular weight is 276 g/mol. The van der Waals surface area contributed by atoms with E-state index in [1.807, 2.05) is 24.3 Å². The van der Waals surface area contributed by atoms with Crippen LogP contribution < -0.4 is 0 Å². The third-order valence-corrected chi connectivity index (χ3v) is 5.42. The highest BCUT2D eigenvalue weighted by Gasteiger charge is 2.28. The Morgan fingerprint density at radius 2 is 1.74 bits per heavy atom. The van der Waals surface area contributed by atoms with E-state index in [4.69, 9.17) is 0 Å². The van der Waals surface area contributed by atoms with Crippen molar-refractivity contribution in [1.82, 2.24) is 0 Å². The van der Waals surface area contributed by atoms with Crippen LogP contribution in [0, 0.1) is 0 Å². The highest BCUT2D eigenvalue weighted by Crippen LogP contribution is 2.22. The van der Waals surface area contributed by atoms with Gasteiger partial charge < -0.3 is 0 Å². The summed E-state index contributed by atoms with van der Waals surface area (Å²) >= 11 is 0. The Morgan fingerprint density at radius 3 is 2.37 bits per heavy atom. The number of benzene rings is 2. The van der Waals surface area contributed by atoms with E-state index in [-0.39, 0.29) is 17.1 Å². The van der Waals surface area contributed by atoms with Gasteiger partial charge in [-0.25, -0.2) is 8.42 Å². The first-order valence-corrected chi connectivity index (χ1v) is 7.77. The minimum Gasteiger partial charge on any atom is -0.298 e. The van der Waals surface area contributed by atoms with Crippen molar-refractivity contribution in [2.45, 2.75) is 30.4 Å². The number of carbonyl (C=O) groups is 1.